The molecular formula is C17H25N4O7S-. The second-order valence-electron chi connectivity index (χ2n) is 7.56. The first-order valence-electron chi connectivity index (χ1n) is 9.29. The summed E-state index contributed by atoms with van der Waals surface area (Å²) in [5.74, 6) is -4.07. The highest BCUT2D eigenvalue weighted by atomic mass is 32.2. The van der Waals surface area contributed by atoms with Crippen LogP contribution in [0.5, 0.6) is 0 Å². The maximum Gasteiger partial charge on any atom is 0.275 e. The molecule has 0 saturated carbocycles. The SMILES string of the molecule is CC1(C)SC2C(NC(=O)CCCCC(NC(=O)C[NH3+])C(=O)[O-])C(=O)N2C1C(=O)[O-]. The van der Waals surface area contributed by atoms with Crippen LogP contribution < -0.4 is 26.6 Å². The number of unbranched alkanes of at least 4 members (excludes halogenated alkanes) is 1. The molecule has 0 radical (unpaired) electrons. The smallest absolute Gasteiger partial charge is 0.275 e. The second kappa shape index (κ2) is 8.99. The van der Waals surface area contributed by atoms with Crippen LogP contribution in [-0.4, -0.2) is 69.4 Å². The van der Waals surface area contributed by atoms with E-state index >= 15 is 0 Å². The summed E-state index contributed by atoms with van der Waals surface area (Å²) >= 11 is 1.30. The number of carbonyl (C=O) groups excluding carboxylic acids is 5. The highest BCUT2D eigenvalue weighted by Crippen LogP contribution is 2.50. The number of hydrogen-bond acceptors (Lipinski definition) is 8. The van der Waals surface area contributed by atoms with Crippen molar-refractivity contribution < 1.29 is 39.9 Å². The maximum absolute atomic E-state index is 12.3. The van der Waals surface area contributed by atoms with Gasteiger partial charge in [-0.3, -0.25) is 14.4 Å². The van der Waals surface area contributed by atoms with Crippen LogP contribution in [0, 0.1) is 0 Å². The zero-order valence-electron chi connectivity index (χ0n) is 16.3. The minimum absolute atomic E-state index is 0.0670. The largest absolute Gasteiger partial charge is 0.548 e. The lowest BCUT2D eigenvalue weighted by Crippen LogP contribution is -2.71. The highest BCUT2D eigenvalue weighted by Gasteiger charge is 2.62. The summed E-state index contributed by atoms with van der Waals surface area (Å²) < 4.78 is -0.725. The monoisotopic (exact) mass is 429 g/mol. The Morgan fingerprint density at radius 2 is 1.86 bits per heavy atom. The molecule has 0 aliphatic carbocycles. The van der Waals surface area contributed by atoms with Crippen LogP contribution >= 0.6 is 11.8 Å². The van der Waals surface area contributed by atoms with Crippen molar-refractivity contribution in [2.75, 3.05) is 6.54 Å². The molecule has 0 spiro atoms. The number of carbonyl (C=O) groups is 5. The molecule has 162 valence electrons. The minimum Gasteiger partial charge on any atom is -0.548 e. The van der Waals surface area contributed by atoms with Crippen LogP contribution in [0.3, 0.4) is 0 Å². The second-order valence-corrected chi connectivity index (χ2v) is 9.33. The molecule has 2 aliphatic heterocycles. The van der Waals surface area contributed by atoms with Crippen molar-refractivity contribution in [2.24, 2.45) is 0 Å². The summed E-state index contributed by atoms with van der Waals surface area (Å²) in [6.07, 6.45) is 0.882. The lowest BCUT2D eigenvalue weighted by atomic mass is 9.96. The number of aliphatic carboxylic acids is 2. The van der Waals surface area contributed by atoms with Gasteiger partial charge in [0.25, 0.3) is 5.91 Å². The van der Waals surface area contributed by atoms with Gasteiger partial charge in [-0.15, -0.1) is 11.8 Å². The molecule has 2 heterocycles. The molecule has 0 bridgehead atoms. The predicted octanol–water partition coefficient (Wildman–Crippen LogP) is -4.68. The predicted molar refractivity (Wildman–Crippen MR) is 96.2 cm³/mol. The van der Waals surface area contributed by atoms with Crippen molar-refractivity contribution >= 4 is 41.4 Å². The van der Waals surface area contributed by atoms with Crippen molar-refractivity contribution in [3.05, 3.63) is 0 Å². The van der Waals surface area contributed by atoms with Gasteiger partial charge in [0.2, 0.25) is 11.8 Å². The fraction of sp³-hybridized carbons (Fsp3) is 0.706. The quantitative estimate of drug-likeness (QED) is 0.228. The van der Waals surface area contributed by atoms with E-state index in [0.717, 1.165) is 0 Å². The van der Waals surface area contributed by atoms with Gasteiger partial charge >= 0.3 is 0 Å². The van der Waals surface area contributed by atoms with E-state index in [1.165, 1.54) is 16.7 Å². The van der Waals surface area contributed by atoms with Gasteiger partial charge in [-0.1, -0.05) is 6.42 Å². The summed E-state index contributed by atoms with van der Waals surface area (Å²) in [4.78, 5) is 59.3. The average molecular weight is 429 g/mol. The van der Waals surface area contributed by atoms with Gasteiger partial charge in [0.15, 0.2) is 6.54 Å². The standard InChI is InChI=1S/C17H26N4O7S/c1-17(2)12(16(27)28)21-13(24)11(14(21)29-17)20-9(22)6-4-3-5-8(15(25)26)19-10(23)7-18/h8,11-12,14H,3-7,18H2,1-2H3,(H,19,23)(H,20,22)(H,25,26)(H,27,28)/p-1. The Bertz CT molecular complexity index is 714. The summed E-state index contributed by atoms with van der Waals surface area (Å²) in [6.45, 7) is 3.33. The molecular weight excluding hydrogens is 404 g/mol. The normalized spacial score (nSPS) is 25.6. The average Bonchev–Trinajstić information content (AvgIpc) is 2.89. The van der Waals surface area contributed by atoms with E-state index in [1.807, 2.05) is 0 Å². The van der Waals surface area contributed by atoms with Crippen molar-refractivity contribution in [3.8, 4) is 0 Å². The van der Waals surface area contributed by atoms with Gasteiger partial charge in [-0.25, -0.2) is 0 Å². The zero-order chi connectivity index (χ0) is 21.9. The summed E-state index contributed by atoms with van der Waals surface area (Å²) in [7, 11) is 0. The van der Waals surface area contributed by atoms with Crippen LogP contribution in [0.1, 0.15) is 39.5 Å². The number of rotatable bonds is 10. The third-order valence-electron chi connectivity index (χ3n) is 4.97. The molecule has 5 N–H and O–H groups in total. The van der Waals surface area contributed by atoms with E-state index in [9.17, 15) is 34.2 Å². The van der Waals surface area contributed by atoms with Crippen LogP contribution in [0.15, 0.2) is 0 Å². The summed E-state index contributed by atoms with van der Waals surface area (Å²) in [5.41, 5.74) is 3.36. The van der Waals surface area contributed by atoms with Crippen molar-refractivity contribution in [2.45, 2.75) is 67.8 Å². The molecule has 3 amide bonds. The minimum atomic E-state index is -1.40. The van der Waals surface area contributed by atoms with E-state index in [1.54, 1.807) is 13.8 Å². The number of carboxylic acid groups (broad SMARTS) is 2. The van der Waals surface area contributed by atoms with E-state index in [4.69, 9.17) is 0 Å². The maximum atomic E-state index is 12.3. The zero-order valence-corrected chi connectivity index (χ0v) is 17.1. The van der Waals surface area contributed by atoms with E-state index in [0.29, 0.717) is 12.8 Å². The number of carboxylic acids is 2. The van der Waals surface area contributed by atoms with Gasteiger partial charge in [0, 0.05) is 11.2 Å². The Balaban J connectivity index is 1.78. The fourth-order valence-corrected chi connectivity index (χ4v) is 5.14. The molecule has 29 heavy (non-hydrogen) atoms. The van der Waals surface area contributed by atoms with Crippen molar-refractivity contribution in [1.29, 1.82) is 0 Å². The van der Waals surface area contributed by atoms with Gasteiger partial charge in [0.1, 0.15) is 11.4 Å². The Hall–Kier alpha value is -2.34. The number of quaternary nitrogens is 1. The third kappa shape index (κ3) is 4.99. The molecule has 2 rings (SSSR count). The number of thioether (sulfide) groups is 1. The number of nitrogens with one attached hydrogen (secondary N) is 2. The van der Waals surface area contributed by atoms with Crippen molar-refractivity contribution in [1.82, 2.24) is 15.5 Å². The molecule has 4 atom stereocenters. The summed E-state index contributed by atoms with van der Waals surface area (Å²) in [6, 6.07) is -2.98. The fourth-order valence-electron chi connectivity index (χ4n) is 3.52. The number of nitrogens with zero attached hydrogens (tertiary/aromatic N) is 1. The van der Waals surface area contributed by atoms with E-state index in [-0.39, 0.29) is 25.3 Å². The third-order valence-corrected chi connectivity index (χ3v) is 6.55. The number of fused-ring (bicyclic) bond motifs is 1. The Kier molecular flexibility index (Phi) is 7.11. The van der Waals surface area contributed by atoms with Gasteiger partial charge < -0.3 is 41.1 Å². The number of hydrogen-bond donors (Lipinski definition) is 3. The molecule has 0 aromatic carbocycles. The molecule has 4 unspecified atom stereocenters. The van der Waals surface area contributed by atoms with Crippen LogP contribution in [-0.2, 0) is 24.0 Å². The lowest BCUT2D eigenvalue weighted by Gasteiger charge is -2.45. The topological polar surface area (TPSA) is 186 Å². The van der Waals surface area contributed by atoms with E-state index < -0.39 is 52.0 Å². The number of amides is 3. The molecule has 2 fully saturated rings. The first-order valence-corrected chi connectivity index (χ1v) is 10.2. The molecule has 2 aliphatic rings. The van der Waals surface area contributed by atoms with Gasteiger partial charge in [0.05, 0.1) is 24.0 Å². The Morgan fingerprint density at radius 1 is 1.21 bits per heavy atom. The van der Waals surface area contributed by atoms with Crippen molar-refractivity contribution in [3.63, 3.8) is 0 Å². The summed E-state index contributed by atoms with van der Waals surface area (Å²) in [5, 5.41) is 26.8. The Labute approximate surface area is 171 Å². The first-order chi connectivity index (χ1) is 13.5. The Morgan fingerprint density at radius 3 is 2.41 bits per heavy atom. The molecule has 11 nitrogen and oxygen atoms in total. The van der Waals surface area contributed by atoms with Gasteiger partial charge in [-0.2, -0.15) is 0 Å². The van der Waals surface area contributed by atoms with E-state index in [2.05, 4.69) is 16.4 Å². The first kappa shape index (κ1) is 22.9. The van der Waals surface area contributed by atoms with Gasteiger partial charge in [-0.05, 0) is 26.7 Å². The molecule has 2 saturated heterocycles. The number of β-lactam (4-membered cyclic amide) rings is 1. The molecule has 0 aromatic rings. The highest BCUT2D eigenvalue weighted by molar-refractivity contribution is 8.01. The van der Waals surface area contributed by atoms with Crippen LogP contribution in [0.4, 0.5) is 0 Å². The van der Waals surface area contributed by atoms with Crippen LogP contribution in [0.25, 0.3) is 0 Å². The van der Waals surface area contributed by atoms with Crippen LogP contribution in [0.2, 0.25) is 0 Å². The lowest BCUT2D eigenvalue weighted by molar-refractivity contribution is -0.355. The molecule has 0 aromatic heterocycles. The molecule has 12 heteroatoms.